The number of nitrogens with one attached hydrogen (secondary N) is 1. The molecule has 70 valence electrons. The summed E-state index contributed by atoms with van der Waals surface area (Å²) in [6, 6.07) is 1.78. The quantitative estimate of drug-likeness (QED) is 0.584. The van der Waals surface area contributed by atoms with Gasteiger partial charge in [0.15, 0.2) is 0 Å². The van der Waals surface area contributed by atoms with E-state index in [1.807, 2.05) is 6.92 Å². The van der Waals surface area contributed by atoms with E-state index < -0.39 is 0 Å². The summed E-state index contributed by atoms with van der Waals surface area (Å²) in [4.78, 5) is 15.4. The molecule has 0 bridgehead atoms. The molecule has 5 nitrogen and oxygen atoms in total. The highest BCUT2D eigenvalue weighted by atomic mass is 32.1. The van der Waals surface area contributed by atoms with Crippen molar-refractivity contribution < 1.29 is 9.63 Å². The Labute approximate surface area is 79.6 Å². The number of carbonyl (C=O) groups is 1. The molecule has 0 fully saturated rings. The van der Waals surface area contributed by atoms with Crippen LogP contribution in [0.4, 0.5) is 5.00 Å². The second-order valence-electron chi connectivity index (χ2n) is 2.24. The zero-order valence-electron chi connectivity index (χ0n) is 7.27. The minimum Gasteiger partial charge on any atom is -0.399 e. The second-order valence-corrected chi connectivity index (χ2v) is 3.04. The molecule has 0 aromatic carbocycles. The summed E-state index contributed by atoms with van der Waals surface area (Å²) < 4.78 is 4.00. The van der Waals surface area contributed by atoms with E-state index in [1.165, 1.54) is 18.6 Å². The molecule has 1 amide bonds. The number of aromatic nitrogens is 1. The van der Waals surface area contributed by atoms with Gasteiger partial charge in [0, 0.05) is 0 Å². The van der Waals surface area contributed by atoms with E-state index in [9.17, 15) is 4.79 Å². The molecule has 0 unspecified atom stereocenters. The largest absolute Gasteiger partial charge is 0.399 e. The van der Waals surface area contributed by atoms with Crippen LogP contribution >= 0.6 is 11.5 Å². The predicted molar refractivity (Wildman–Crippen MR) is 51.0 cm³/mol. The molecule has 6 heteroatoms. The van der Waals surface area contributed by atoms with Gasteiger partial charge in [-0.3, -0.25) is 4.79 Å². The lowest BCUT2D eigenvalue weighted by atomic mass is 10.5. The van der Waals surface area contributed by atoms with Crippen molar-refractivity contribution in [1.29, 1.82) is 0 Å². The molecule has 0 saturated heterocycles. The molecule has 0 spiro atoms. The standard InChI is InChI=1S/C7H9N3O2S/c1-5-3-7(13-10-5)9-6(11)4-8-12-2/h3-4H,1-2H3,(H,9,11)/b8-4+. The van der Waals surface area contributed by atoms with E-state index >= 15 is 0 Å². The highest BCUT2D eigenvalue weighted by Crippen LogP contribution is 2.14. The zero-order valence-corrected chi connectivity index (χ0v) is 8.09. The number of oxime groups is 1. The lowest BCUT2D eigenvalue weighted by Crippen LogP contribution is -2.11. The van der Waals surface area contributed by atoms with Crippen LogP contribution in [0.25, 0.3) is 0 Å². The third kappa shape index (κ3) is 3.20. The Morgan fingerprint density at radius 2 is 2.62 bits per heavy atom. The summed E-state index contributed by atoms with van der Waals surface area (Å²) in [6.45, 7) is 1.86. The number of rotatable bonds is 3. The fourth-order valence-electron chi connectivity index (χ4n) is 0.677. The van der Waals surface area contributed by atoms with Crippen LogP contribution < -0.4 is 5.32 Å². The number of nitrogens with zero attached hydrogens (tertiary/aromatic N) is 2. The second kappa shape index (κ2) is 4.56. The Hall–Kier alpha value is -1.43. The normalized spacial score (nSPS) is 10.3. The lowest BCUT2D eigenvalue weighted by Gasteiger charge is -1.93. The number of amides is 1. The highest BCUT2D eigenvalue weighted by Gasteiger charge is 2.01. The van der Waals surface area contributed by atoms with Crippen molar-refractivity contribution in [2.75, 3.05) is 12.4 Å². The van der Waals surface area contributed by atoms with Crippen LogP contribution in [0.1, 0.15) is 5.69 Å². The van der Waals surface area contributed by atoms with Crippen molar-refractivity contribution in [2.24, 2.45) is 5.16 Å². The summed E-state index contributed by atoms with van der Waals surface area (Å²) in [6.07, 6.45) is 1.06. The first-order chi connectivity index (χ1) is 6.22. The Balaban J connectivity index is 2.50. The molecule has 1 rings (SSSR count). The molecule has 0 aliphatic carbocycles. The van der Waals surface area contributed by atoms with Gasteiger partial charge in [0.25, 0.3) is 5.91 Å². The van der Waals surface area contributed by atoms with E-state index in [4.69, 9.17) is 0 Å². The smallest absolute Gasteiger partial charge is 0.270 e. The van der Waals surface area contributed by atoms with Crippen LogP contribution in [0.3, 0.4) is 0 Å². The van der Waals surface area contributed by atoms with Gasteiger partial charge in [-0.1, -0.05) is 5.16 Å². The van der Waals surface area contributed by atoms with E-state index in [0.717, 1.165) is 11.9 Å². The van der Waals surface area contributed by atoms with Gasteiger partial charge >= 0.3 is 0 Å². The minimum atomic E-state index is -0.328. The monoisotopic (exact) mass is 199 g/mol. The molecule has 0 atom stereocenters. The average molecular weight is 199 g/mol. The molecule has 1 N–H and O–H groups in total. The Kier molecular flexibility index (Phi) is 3.39. The van der Waals surface area contributed by atoms with Gasteiger partial charge in [-0.25, -0.2) is 0 Å². The molecule has 0 radical (unpaired) electrons. The maximum absolute atomic E-state index is 11.0. The van der Waals surface area contributed by atoms with Crippen LogP contribution in [0, 0.1) is 6.92 Å². The fourth-order valence-corrected chi connectivity index (χ4v) is 1.34. The zero-order chi connectivity index (χ0) is 9.68. The van der Waals surface area contributed by atoms with Gasteiger partial charge in [-0.15, -0.1) is 0 Å². The third-order valence-corrected chi connectivity index (χ3v) is 1.95. The topological polar surface area (TPSA) is 63.6 Å². The molecule has 13 heavy (non-hydrogen) atoms. The summed E-state index contributed by atoms with van der Waals surface area (Å²) in [5.74, 6) is -0.328. The first kappa shape index (κ1) is 9.66. The maximum atomic E-state index is 11.0. The van der Waals surface area contributed by atoms with Gasteiger partial charge < -0.3 is 10.2 Å². The van der Waals surface area contributed by atoms with Crippen LogP contribution in [-0.4, -0.2) is 23.6 Å². The van der Waals surface area contributed by atoms with Crippen molar-refractivity contribution >= 4 is 28.7 Å². The number of aryl methyl sites for hydroxylation is 1. The summed E-state index contributed by atoms with van der Waals surface area (Å²) in [5, 5.41) is 6.61. The lowest BCUT2D eigenvalue weighted by molar-refractivity contribution is -0.110. The Morgan fingerprint density at radius 3 is 3.15 bits per heavy atom. The van der Waals surface area contributed by atoms with Crippen molar-refractivity contribution in [3.05, 3.63) is 11.8 Å². The average Bonchev–Trinajstić information content (AvgIpc) is 2.48. The van der Waals surface area contributed by atoms with Gasteiger partial charge in [-0.2, -0.15) is 4.37 Å². The summed E-state index contributed by atoms with van der Waals surface area (Å²) in [5.41, 5.74) is 0.879. The van der Waals surface area contributed by atoms with E-state index in [0.29, 0.717) is 5.00 Å². The molecule has 1 aromatic heterocycles. The van der Waals surface area contributed by atoms with Gasteiger partial charge in [0.2, 0.25) is 0 Å². The van der Waals surface area contributed by atoms with Crippen LogP contribution in [-0.2, 0) is 9.63 Å². The first-order valence-corrected chi connectivity index (χ1v) is 4.30. The molecule has 0 aliphatic rings. The van der Waals surface area contributed by atoms with Crippen molar-refractivity contribution in [1.82, 2.24) is 4.37 Å². The number of hydrogen-bond acceptors (Lipinski definition) is 5. The molecule has 0 aliphatic heterocycles. The number of carbonyl (C=O) groups excluding carboxylic acids is 1. The van der Waals surface area contributed by atoms with Crippen LogP contribution in [0.15, 0.2) is 11.2 Å². The summed E-state index contributed by atoms with van der Waals surface area (Å²) in [7, 11) is 1.38. The maximum Gasteiger partial charge on any atom is 0.270 e. The molecule has 1 heterocycles. The molecule has 1 aromatic rings. The van der Waals surface area contributed by atoms with Gasteiger partial charge in [-0.05, 0) is 24.5 Å². The predicted octanol–water partition coefficient (Wildman–Crippen LogP) is 1.02. The molecular formula is C7H9N3O2S. The number of hydrogen-bond donors (Lipinski definition) is 1. The Morgan fingerprint density at radius 1 is 1.85 bits per heavy atom. The SMILES string of the molecule is CO/N=C/C(=O)Nc1cc(C)ns1. The molecular weight excluding hydrogens is 190 g/mol. The first-order valence-electron chi connectivity index (χ1n) is 3.53. The van der Waals surface area contributed by atoms with Crippen molar-refractivity contribution in [2.45, 2.75) is 6.92 Å². The number of anilines is 1. The molecule has 0 saturated carbocycles. The van der Waals surface area contributed by atoms with Crippen LogP contribution in [0.2, 0.25) is 0 Å². The van der Waals surface area contributed by atoms with Crippen molar-refractivity contribution in [3.63, 3.8) is 0 Å². The van der Waals surface area contributed by atoms with Crippen molar-refractivity contribution in [3.8, 4) is 0 Å². The van der Waals surface area contributed by atoms with Gasteiger partial charge in [0.1, 0.15) is 18.3 Å². The Bertz CT molecular complexity index is 321. The van der Waals surface area contributed by atoms with Crippen LogP contribution in [0.5, 0.6) is 0 Å². The van der Waals surface area contributed by atoms with E-state index in [2.05, 4.69) is 19.7 Å². The highest BCUT2D eigenvalue weighted by molar-refractivity contribution is 7.10. The minimum absolute atomic E-state index is 0.328. The third-order valence-electron chi connectivity index (χ3n) is 1.15. The van der Waals surface area contributed by atoms with E-state index in [1.54, 1.807) is 6.07 Å². The fraction of sp³-hybridized carbons (Fsp3) is 0.286. The van der Waals surface area contributed by atoms with Gasteiger partial charge in [0.05, 0.1) is 5.69 Å². The summed E-state index contributed by atoms with van der Waals surface area (Å²) >= 11 is 1.23. The van der Waals surface area contributed by atoms with E-state index in [-0.39, 0.29) is 5.91 Å².